The summed E-state index contributed by atoms with van der Waals surface area (Å²) in [4.78, 5) is 13.6. The summed E-state index contributed by atoms with van der Waals surface area (Å²) in [6, 6.07) is 6.52. The Kier molecular flexibility index (Phi) is 4.81. The number of carbonyl (C=O) groups is 1. The van der Waals surface area contributed by atoms with Crippen LogP contribution in [-0.2, 0) is 0 Å². The molecule has 0 aliphatic carbocycles. The molecule has 1 aromatic carbocycles. The molecule has 0 saturated carbocycles. The Bertz CT molecular complexity index is 417. The summed E-state index contributed by atoms with van der Waals surface area (Å²) < 4.78 is 1.05. The zero-order valence-electron chi connectivity index (χ0n) is 10.9. The minimum atomic E-state index is 0.594. The molecule has 1 saturated heterocycles. The lowest BCUT2D eigenvalue weighted by Crippen LogP contribution is -2.40. The number of rotatable bonds is 4. The summed E-state index contributed by atoms with van der Waals surface area (Å²) >= 11 is 3.51. The molecule has 0 radical (unpaired) electrons. The third-order valence-electron chi connectivity index (χ3n) is 3.68. The molecule has 1 unspecified atom stereocenters. The summed E-state index contributed by atoms with van der Waals surface area (Å²) in [5.74, 6) is 0. The summed E-state index contributed by atoms with van der Waals surface area (Å²) in [5, 5.41) is 0. The van der Waals surface area contributed by atoms with Gasteiger partial charge in [-0.1, -0.05) is 29.3 Å². The van der Waals surface area contributed by atoms with Gasteiger partial charge in [0.1, 0.15) is 0 Å². The van der Waals surface area contributed by atoms with E-state index in [1.54, 1.807) is 0 Å². The molecule has 1 heterocycles. The molecule has 1 aliphatic rings. The van der Waals surface area contributed by atoms with Gasteiger partial charge in [0.05, 0.1) is 0 Å². The monoisotopic (exact) mass is 309 g/mol. The van der Waals surface area contributed by atoms with Crippen molar-refractivity contribution in [1.82, 2.24) is 0 Å². The standard InChI is InChI=1S/C15H20BrNO/c1-2-5-14-6-3-4-9-17(14)15-10-13(16)8-7-12(15)11-18/h7-8,10-11,14H,2-6,9H2,1H3. The van der Waals surface area contributed by atoms with E-state index in [1.165, 1.54) is 32.1 Å². The first-order valence-electron chi connectivity index (χ1n) is 6.77. The zero-order valence-corrected chi connectivity index (χ0v) is 12.4. The van der Waals surface area contributed by atoms with Crippen molar-refractivity contribution in [2.75, 3.05) is 11.4 Å². The quantitative estimate of drug-likeness (QED) is 0.767. The van der Waals surface area contributed by atoms with Crippen LogP contribution in [0.1, 0.15) is 49.4 Å². The maximum Gasteiger partial charge on any atom is 0.152 e. The molecule has 3 heteroatoms. The maximum atomic E-state index is 11.2. The van der Waals surface area contributed by atoms with E-state index in [4.69, 9.17) is 0 Å². The fraction of sp³-hybridized carbons (Fsp3) is 0.533. The van der Waals surface area contributed by atoms with Crippen LogP contribution in [0, 0.1) is 0 Å². The molecule has 2 nitrogen and oxygen atoms in total. The number of nitrogens with zero attached hydrogens (tertiary/aromatic N) is 1. The Morgan fingerprint density at radius 1 is 1.44 bits per heavy atom. The highest BCUT2D eigenvalue weighted by Gasteiger charge is 2.23. The topological polar surface area (TPSA) is 20.3 Å². The average molecular weight is 310 g/mol. The number of aldehydes is 1. The van der Waals surface area contributed by atoms with Gasteiger partial charge in [0, 0.05) is 28.3 Å². The van der Waals surface area contributed by atoms with Crippen LogP contribution in [0.3, 0.4) is 0 Å². The predicted octanol–water partition coefficient (Wildman–Crippen LogP) is 4.42. The molecule has 0 N–H and O–H groups in total. The highest BCUT2D eigenvalue weighted by atomic mass is 79.9. The van der Waals surface area contributed by atoms with Crippen LogP contribution >= 0.6 is 15.9 Å². The average Bonchev–Trinajstić information content (AvgIpc) is 2.40. The Morgan fingerprint density at radius 3 is 3.00 bits per heavy atom. The smallest absolute Gasteiger partial charge is 0.152 e. The number of hydrogen-bond donors (Lipinski definition) is 0. The molecular weight excluding hydrogens is 290 g/mol. The second-order valence-electron chi connectivity index (χ2n) is 4.95. The van der Waals surface area contributed by atoms with Crippen LogP contribution in [-0.4, -0.2) is 18.9 Å². The molecule has 0 amide bonds. The predicted molar refractivity (Wildman–Crippen MR) is 79.4 cm³/mol. The van der Waals surface area contributed by atoms with E-state index in [0.717, 1.165) is 28.6 Å². The van der Waals surface area contributed by atoms with Crippen molar-refractivity contribution in [2.45, 2.75) is 45.1 Å². The summed E-state index contributed by atoms with van der Waals surface area (Å²) in [7, 11) is 0. The van der Waals surface area contributed by atoms with Crippen molar-refractivity contribution in [3.63, 3.8) is 0 Å². The molecule has 1 aliphatic heterocycles. The number of hydrogen-bond acceptors (Lipinski definition) is 2. The number of piperidine rings is 1. The molecule has 2 rings (SSSR count). The van der Waals surface area contributed by atoms with E-state index in [0.29, 0.717) is 6.04 Å². The van der Waals surface area contributed by atoms with Gasteiger partial charge >= 0.3 is 0 Å². The first-order valence-corrected chi connectivity index (χ1v) is 7.57. The lowest BCUT2D eigenvalue weighted by atomic mass is 9.96. The van der Waals surface area contributed by atoms with E-state index in [1.807, 2.05) is 12.1 Å². The van der Waals surface area contributed by atoms with Crippen LogP contribution in [0.15, 0.2) is 22.7 Å². The molecule has 98 valence electrons. The summed E-state index contributed by atoms with van der Waals surface area (Å²) in [5.41, 5.74) is 1.90. The fourth-order valence-corrected chi connectivity index (χ4v) is 3.17. The highest BCUT2D eigenvalue weighted by molar-refractivity contribution is 9.10. The van der Waals surface area contributed by atoms with Gasteiger partial charge in [0.2, 0.25) is 0 Å². The van der Waals surface area contributed by atoms with Gasteiger partial charge in [0.15, 0.2) is 6.29 Å². The summed E-state index contributed by atoms with van der Waals surface area (Å²) in [6.45, 7) is 3.30. The third kappa shape index (κ3) is 2.94. The second kappa shape index (κ2) is 6.37. The van der Waals surface area contributed by atoms with Gasteiger partial charge < -0.3 is 4.90 Å². The fourth-order valence-electron chi connectivity index (χ4n) is 2.82. The number of carbonyl (C=O) groups excluding carboxylic acids is 1. The first kappa shape index (κ1) is 13.6. The SMILES string of the molecule is CCCC1CCCCN1c1cc(Br)ccc1C=O. The number of anilines is 1. The van der Waals surface area contributed by atoms with Crippen LogP contribution in [0.25, 0.3) is 0 Å². The molecular formula is C15H20BrNO. The van der Waals surface area contributed by atoms with Gasteiger partial charge in [-0.05, 0) is 43.9 Å². The van der Waals surface area contributed by atoms with Gasteiger partial charge in [-0.2, -0.15) is 0 Å². The second-order valence-corrected chi connectivity index (χ2v) is 5.87. The zero-order chi connectivity index (χ0) is 13.0. The van der Waals surface area contributed by atoms with Crippen molar-refractivity contribution < 1.29 is 4.79 Å². The van der Waals surface area contributed by atoms with Crippen LogP contribution in [0.5, 0.6) is 0 Å². The maximum absolute atomic E-state index is 11.2. The van der Waals surface area contributed by atoms with Crippen LogP contribution in [0.4, 0.5) is 5.69 Å². The van der Waals surface area contributed by atoms with Gasteiger partial charge in [-0.25, -0.2) is 0 Å². The molecule has 1 fully saturated rings. The Hall–Kier alpha value is -0.830. The van der Waals surface area contributed by atoms with Crippen molar-refractivity contribution in [1.29, 1.82) is 0 Å². The molecule has 18 heavy (non-hydrogen) atoms. The Balaban J connectivity index is 2.32. The first-order chi connectivity index (χ1) is 8.76. The van der Waals surface area contributed by atoms with Gasteiger partial charge in [-0.15, -0.1) is 0 Å². The normalized spacial score (nSPS) is 19.9. The molecule has 0 spiro atoms. The highest BCUT2D eigenvalue weighted by Crippen LogP contribution is 2.31. The van der Waals surface area contributed by atoms with Crippen molar-refractivity contribution in [2.24, 2.45) is 0 Å². The number of halogens is 1. The van der Waals surface area contributed by atoms with E-state index >= 15 is 0 Å². The Labute approximate surface area is 117 Å². The van der Waals surface area contributed by atoms with E-state index < -0.39 is 0 Å². The molecule has 1 aromatic rings. The lowest BCUT2D eigenvalue weighted by Gasteiger charge is -2.38. The minimum absolute atomic E-state index is 0.594. The minimum Gasteiger partial charge on any atom is -0.368 e. The van der Waals surface area contributed by atoms with E-state index in [2.05, 4.69) is 33.8 Å². The van der Waals surface area contributed by atoms with Crippen molar-refractivity contribution >= 4 is 27.9 Å². The van der Waals surface area contributed by atoms with Gasteiger partial charge in [-0.3, -0.25) is 4.79 Å². The van der Waals surface area contributed by atoms with Gasteiger partial charge in [0.25, 0.3) is 0 Å². The van der Waals surface area contributed by atoms with E-state index in [-0.39, 0.29) is 0 Å². The van der Waals surface area contributed by atoms with E-state index in [9.17, 15) is 4.79 Å². The largest absolute Gasteiger partial charge is 0.368 e. The molecule has 0 bridgehead atoms. The Morgan fingerprint density at radius 2 is 2.28 bits per heavy atom. The van der Waals surface area contributed by atoms with Crippen LogP contribution in [0.2, 0.25) is 0 Å². The van der Waals surface area contributed by atoms with Crippen LogP contribution < -0.4 is 4.90 Å². The number of benzene rings is 1. The molecule has 1 atom stereocenters. The lowest BCUT2D eigenvalue weighted by molar-refractivity contribution is 0.112. The van der Waals surface area contributed by atoms with Crippen molar-refractivity contribution in [3.05, 3.63) is 28.2 Å². The third-order valence-corrected chi connectivity index (χ3v) is 4.17. The molecule has 0 aromatic heterocycles. The summed E-state index contributed by atoms with van der Waals surface area (Å²) in [6.07, 6.45) is 7.17. The van der Waals surface area contributed by atoms with Crippen molar-refractivity contribution in [3.8, 4) is 0 Å².